The van der Waals surface area contributed by atoms with Crippen LogP contribution in [0.4, 0.5) is 16.0 Å². The van der Waals surface area contributed by atoms with Crippen molar-refractivity contribution in [2.45, 2.75) is 26.2 Å². The van der Waals surface area contributed by atoms with Crippen molar-refractivity contribution in [3.63, 3.8) is 0 Å². The molecule has 1 saturated heterocycles. The summed E-state index contributed by atoms with van der Waals surface area (Å²) in [4.78, 5) is 22.9. The third-order valence-electron chi connectivity index (χ3n) is 3.92. The highest BCUT2D eigenvalue weighted by Crippen LogP contribution is 2.19. The first-order valence-corrected chi connectivity index (χ1v) is 8.39. The molecule has 0 saturated carbocycles. The smallest absolute Gasteiger partial charge is 0.262 e. The summed E-state index contributed by atoms with van der Waals surface area (Å²) in [5.74, 6) is 0.223. The van der Waals surface area contributed by atoms with Gasteiger partial charge in [0.15, 0.2) is 6.61 Å². The van der Waals surface area contributed by atoms with Crippen molar-refractivity contribution in [3.8, 4) is 5.88 Å². The summed E-state index contributed by atoms with van der Waals surface area (Å²) in [6, 6.07) is 7.41. The van der Waals surface area contributed by atoms with E-state index in [9.17, 15) is 9.18 Å². The quantitative estimate of drug-likeness (QED) is 0.903. The standard InChI is InChI=1S/C18H21FN4O2/c1-13-10-17(22-18(20-13)23-8-3-2-4-9-23)25-12-16(24)21-15-7-5-6-14(19)11-15/h5-7,10-11H,2-4,8-9,12H2,1H3,(H,21,24). The van der Waals surface area contributed by atoms with E-state index in [1.54, 1.807) is 12.1 Å². The topological polar surface area (TPSA) is 67.3 Å². The number of nitrogens with one attached hydrogen (secondary N) is 1. The Labute approximate surface area is 146 Å². The molecular weight excluding hydrogens is 323 g/mol. The predicted octanol–water partition coefficient (Wildman–Crippen LogP) is 2.93. The number of carbonyl (C=O) groups is 1. The Balaban J connectivity index is 1.60. The molecule has 0 unspecified atom stereocenters. The van der Waals surface area contributed by atoms with Crippen LogP contribution in [0.5, 0.6) is 5.88 Å². The Kier molecular flexibility index (Phi) is 5.42. The van der Waals surface area contributed by atoms with Gasteiger partial charge < -0.3 is 15.0 Å². The zero-order valence-corrected chi connectivity index (χ0v) is 14.2. The third-order valence-corrected chi connectivity index (χ3v) is 3.92. The summed E-state index contributed by atoms with van der Waals surface area (Å²) in [6.45, 7) is 3.53. The van der Waals surface area contributed by atoms with Crippen LogP contribution in [0.3, 0.4) is 0 Å². The van der Waals surface area contributed by atoms with E-state index in [0.717, 1.165) is 31.6 Å². The molecule has 0 radical (unpaired) electrons. The lowest BCUT2D eigenvalue weighted by Crippen LogP contribution is -2.31. The molecule has 1 aliphatic heterocycles. The number of aromatic nitrogens is 2. The molecular formula is C18H21FN4O2. The molecule has 0 spiro atoms. The minimum absolute atomic E-state index is 0.202. The van der Waals surface area contributed by atoms with E-state index in [4.69, 9.17) is 4.74 Å². The first-order valence-electron chi connectivity index (χ1n) is 8.39. The normalized spacial score (nSPS) is 14.2. The number of piperidine rings is 1. The highest BCUT2D eigenvalue weighted by Gasteiger charge is 2.15. The van der Waals surface area contributed by atoms with Crippen molar-refractivity contribution in [3.05, 3.63) is 41.8 Å². The second-order valence-electron chi connectivity index (χ2n) is 6.04. The van der Waals surface area contributed by atoms with E-state index in [1.165, 1.54) is 24.6 Å². The van der Waals surface area contributed by atoms with Gasteiger partial charge >= 0.3 is 0 Å². The minimum Gasteiger partial charge on any atom is -0.467 e. The summed E-state index contributed by atoms with van der Waals surface area (Å²) < 4.78 is 18.6. The van der Waals surface area contributed by atoms with Crippen LogP contribution in [0.2, 0.25) is 0 Å². The van der Waals surface area contributed by atoms with Gasteiger partial charge in [0, 0.05) is 30.5 Å². The van der Waals surface area contributed by atoms with Gasteiger partial charge in [-0.3, -0.25) is 4.79 Å². The number of ether oxygens (including phenoxy) is 1. The number of nitrogens with zero attached hydrogens (tertiary/aromatic N) is 3. The zero-order chi connectivity index (χ0) is 17.6. The van der Waals surface area contributed by atoms with E-state index in [-0.39, 0.29) is 12.5 Å². The van der Waals surface area contributed by atoms with E-state index < -0.39 is 5.82 Å². The molecule has 0 aliphatic carbocycles. The Morgan fingerprint density at radius 2 is 2.04 bits per heavy atom. The molecule has 0 atom stereocenters. The number of rotatable bonds is 5. The molecule has 1 aliphatic rings. The largest absolute Gasteiger partial charge is 0.467 e. The first-order chi connectivity index (χ1) is 12.1. The molecule has 1 amide bonds. The summed E-state index contributed by atoms with van der Waals surface area (Å²) in [7, 11) is 0. The van der Waals surface area contributed by atoms with Crippen LogP contribution in [0.15, 0.2) is 30.3 Å². The fraction of sp³-hybridized carbons (Fsp3) is 0.389. The maximum absolute atomic E-state index is 13.1. The van der Waals surface area contributed by atoms with Gasteiger partial charge in [-0.1, -0.05) is 6.07 Å². The molecule has 2 aromatic rings. The number of hydrogen-bond acceptors (Lipinski definition) is 5. The number of anilines is 2. The van der Waals surface area contributed by atoms with Crippen LogP contribution in [-0.4, -0.2) is 35.6 Å². The lowest BCUT2D eigenvalue weighted by Gasteiger charge is -2.26. The molecule has 1 aromatic heterocycles. The van der Waals surface area contributed by atoms with Gasteiger partial charge in [0.1, 0.15) is 5.82 Å². The Hall–Kier alpha value is -2.70. The summed E-state index contributed by atoms with van der Waals surface area (Å²) in [5.41, 5.74) is 1.18. The number of aryl methyl sites for hydroxylation is 1. The third kappa shape index (κ3) is 4.89. The van der Waals surface area contributed by atoms with Crippen LogP contribution in [0, 0.1) is 12.7 Å². The summed E-state index contributed by atoms with van der Waals surface area (Å²) in [5, 5.41) is 2.59. The average molecular weight is 344 g/mol. The fourth-order valence-electron chi connectivity index (χ4n) is 2.74. The molecule has 1 aromatic carbocycles. The molecule has 1 N–H and O–H groups in total. The zero-order valence-electron chi connectivity index (χ0n) is 14.2. The number of hydrogen-bond donors (Lipinski definition) is 1. The van der Waals surface area contributed by atoms with Gasteiger partial charge in [-0.2, -0.15) is 4.98 Å². The highest BCUT2D eigenvalue weighted by molar-refractivity contribution is 5.91. The van der Waals surface area contributed by atoms with Crippen molar-refractivity contribution in [2.24, 2.45) is 0 Å². The molecule has 1 fully saturated rings. The van der Waals surface area contributed by atoms with Gasteiger partial charge in [0.2, 0.25) is 11.8 Å². The minimum atomic E-state index is -0.406. The Morgan fingerprint density at radius 3 is 2.80 bits per heavy atom. The monoisotopic (exact) mass is 344 g/mol. The summed E-state index contributed by atoms with van der Waals surface area (Å²) in [6.07, 6.45) is 3.49. The van der Waals surface area contributed by atoms with Crippen LogP contribution in [-0.2, 0) is 4.79 Å². The summed E-state index contributed by atoms with van der Waals surface area (Å²) >= 11 is 0. The number of carbonyl (C=O) groups excluding carboxylic acids is 1. The van der Waals surface area contributed by atoms with E-state index in [0.29, 0.717) is 17.5 Å². The van der Waals surface area contributed by atoms with Crippen LogP contribution < -0.4 is 15.0 Å². The molecule has 0 bridgehead atoms. The second-order valence-corrected chi connectivity index (χ2v) is 6.04. The van der Waals surface area contributed by atoms with Gasteiger partial charge in [-0.05, 0) is 44.4 Å². The van der Waals surface area contributed by atoms with Crippen molar-refractivity contribution in [2.75, 3.05) is 29.9 Å². The molecule has 6 nitrogen and oxygen atoms in total. The van der Waals surface area contributed by atoms with Crippen molar-refractivity contribution < 1.29 is 13.9 Å². The molecule has 132 valence electrons. The maximum Gasteiger partial charge on any atom is 0.262 e. The van der Waals surface area contributed by atoms with Crippen LogP contribution in [0.1, 0.15) is 25.0 Å². The maximum atomic E-state index is 13.1. The van der Waals surface area contributed by atoms with E-state index in [2.05, 4.69) is 20.2 Å². The number of amides is 1. The van der Waals surface area contributed by atoms with Gasteiger partial charge in [-0.15, -0.1) is 0 Å². The molecule has 2 heterocycles. The van der Waals surface area contributed by atoms with E-state index in [1.807, 2.05) is 6.92 Å². The molecule has 3 rings (SSSR count). The van der Waals surface area contributed by atoms with Gasteiger partial charge in [0.25, 0.3) is 5.91 Å². The van der Waals surface area contributed by atoms with E-state index >= 15 is 0 Å². The lowest BCUT2D eigenvalue weighted by molar-refractivity contribution is -0.118. The van der Waals surface area contributed by atoms with Gasteiger partial charge in [-0.25, -0.2) is 9.37 Å². The van der Waals surface area contributed by atoms with Crippen molar-refractivity contribution in [1.29, 1.82) is 0 Å². The predicted molar refractivity (Wildman–Crippen MR) is 93.4 cm³/mol. The van der Waals surface area contributed by atoms with Crippen molar-refractivity contribution in [1.82, 2.24) is 9.97 Å². The van der Waals surface area contributed by atoms with Crippen LogP contribution >= 0.6 is 0 Å². The lowest BCUT2D eigenvalue weighted by atomic mass is 10.1. The SMILES string of the molecule is Cc1cc(OCC(=O)Nc2cccc(F)c2)nc(N2CCCCC2)n1. The Bertz CT molecular complexity index is 748. The number of halogens is 1. The van der Waals surface area contributed by atoms with Gasteiger partial charge in [0.05, 0.1) is 0 Å². The highest BCUT2D eigenvalue weighted by atomic mass is 19.1. The first kappa shape index (κ1) is 17.1. The molecule has 7 heteroatoms. The molecule has 25 heavy (non-hydrogen) atoms. The second kappa shape index (κ2) is 7.92. The van der Waals surface area contributed by atoms with Crippen LogP contribution in [0.25, 0.3) is 0 Å². The average Bonchev–Trinajstić information content (AvgIpc) is 2.60. The Morgan fingerprint density at radius 1 is 1.24 bits per heavy atom. The fourth-order valence-corrected chi connectivity index (χ4v) is 2.74. The number of benzene rings is 1. The van der Waals surface area contributed by atoms with Crippen molar-refractivity contribution >= 4 is 17.5 Å².